The van der Waals surface area contributed by atoms with Gasteiger partial charge in [-0.15, -0.1) is 0 Å². The Hall–Kier alpha value is -2.66. The van der Waals surface area contributed by atoms with Gasteiger partial charge in [0.2, 0.25) is 0 Å². The van der Waals surface area contributed by atoms with Crippen molar-refractivity contribution in [3.63, 3.8) is 0 Å². The molecule has 84 valence electrons. The number of pyridine rings is 1. The van der Waals surface area contributed by atoms with E-state index in [1.54, 1.807) is 0 Å². The Kier molecular flexibility index (Phi) is 2.51. The molecule has 0 saturated heterocycles. The second kappa shape index (κ2) is 4.31. The summed E-state index contributed by atoms with van der Waals surface area (Å²) in [5, 5.41) is 10.2. The van der Waals surface area contributed by atoms with Gasteiger partial charge >= 0.3 is 0 Å². The maximum Gasteiger partial charge on any atom is 0.101 e. The Bertz CT molecular complexity index is 740. The zero-order chi connectivity index (χ0) is 12.4. The van der Waals surface area contributed by atoms with E-state index in [1.165, 1.54) is 0 Å². The Morgan fingerprint density at radius 1 is 0.889 bits per heavy atom. The third kappa shape index (κ3) is 1.72. The molecule has 0 atom stereocenters. The lowest BCUT2D eigenvalue weighted by atomic mass is 10.0. The fraction of sp³-hybridized carbons (Fsp3) is 0. The summed E-state index contributed by atoms with van der Waals surface area (Å²) in [6, 6.07) is 21.8. The van der Waals surface area contributed by atoms with Gasteiger partial charge in [-0.3, -0.25) is 0 Å². The summed E-state index contributed by atoms with van der Waals surface area (Å²) in [6.45, 7) is 0. The van der Waals surface area contributed by atoms with Gasteiger partial charge in [-0.1, -0.05) is 48.5 Å². The van der Waals surface area contributed by atoms with E-state index >= 15 is 0 Å². The number of hydrogen-bond acceptors (Lipinski definition) is 2. The summed E-state index contributed by atoms with van der Waals surface area (Å²) in [6.07, 6.45) is 0. The molecule has 2 nitrogen and oxygen atoms in total. The van der Waals surface area contributed by atoms with E-state index in [0.29, 0.717) is 5.56 Å². The summed E-state index contributed by atoms with van der Waals surface area (Å²) >= 11 is 0. The molecule has 0 amide bonds. The lowest BCUT2D eigenvalue weighted by Gasteiger charge is -2.05. The fourth-order valence-corrected chi connectivity index (χ4v) is 2.02. The summed E-state index contributed by atoms with van der Waals surface area (Å²) < 4.78 is 0. The summed E-state index contributed by atoms with van der Waals surface area (Å²) in [4.78, 5) is 4.59. The topological polar surface area (TPSA) is 36.7 Å². The van der Waals surface area contributed by atoms with E-state index in [-0.39, 0.29) is 0 Å². The lowest BCUT2D eigenvalue weighted by Crippen LogP contribution is -1.90. The van der Waals surface area contributed by atoms with Gasteiger partial charge in [-0.25, -0.2) is 4.98 Å². The molecule has 18 heavy (non-hydrogen) atoms. The summed E-state index contributed by atoms with van der Waals surface area (Å²) in [5.41, 5.74) is 3.24. The third-order valence-electron chi connectivity index (χ3n) is 2.89. The highest BCUT2D eigenvalue weighted by Gasteiger charge is 2.08. The first-order valence-corrected chi connectivity index (χ1v) is 5.74. The van der Waals surface area contributed by atoms with Crippen molar-refractivity contribution in [2.75, 3.05) is 0 Å². The second-order valence-electron chi connectivity index (χ2n) is 4.06. The molecular weight excluding hydrogens is 220 g/mol. The van der Waals surface area contributed by atoms with Crippen LogP contribution in [0.25, 0.3) is 22.2 Å². The SMILES string of the molecule is N#Cc1cc2ccccc2nc1-c1ccccc1. The number of benzene rings is 2. The Labute approximate surface area is 105 Å². The van der Waals surface area contributed by atoms with Gasteiger partial charge in [0.25, 0.3) is 0 Å². The molecular formula is C16H10N2. The molecule has 2 heteroatoms. The molecule has 0 saturated carbocycles. The average molecular weight is 230 g/mol. The van der Waals surface area contributed by atoms with Crippen molar-refractivity contribution in [3.05, 3.63) is 66.2 Å². The van der Waals surface area contributed by atoms with Gasteiger partial charge in [0.1, 0.15) is 6.07 Å². The second-order valence-corrected chi connectivity index (χ2v) is 4.06. The largest absolute Gasteiger partial charge is 0.246 e. The van der Waals surface area contributed by atoms with E-state index in [9.17, 15) is 5.26 Å². The zero-order valence-corrected chi connectivity index (χ0v) is 9.67. The van der Waals surface area contributed by atoms with Gasteiger partial charge < -0.3 is 0 Å². The van der Waals surface area contributed by atoms with Crippen LogP contribution in [0.4, 0.5) is 0 Å². The number of para-hydroxylation sites is 1. The minimum Gasteiger partial charge on any atom is -0.246 e. The number of nitriles is 1. The molecule has 2 aromatic carbocycles. The van der Waals surface area contributed by atoms with Crippen molar-refractivity contribution in [3.8, 4) is 17.3 Å². The van der Waals surface area contributed by atoms with Crippen LogP contribution in [0, 0.1) is 11.3 Å². The van der Waals surface area contributed by atoms with Crippen LogP contribution in [0.1, 0.15) is 5.56 Å². The van der Waals surface area contributed by atoms with Crippen LogP contribution in [0.2, 0.25) is 0 Å². The molecule has 0 N–H and O–H groups in total. The number of fused-ring (bicyclic) bond motifs is 1. The monoisotopic (exact) mass is 230 g/mol. The third-order valence-corrected chi connectivity index (χ3v) is 2.89. The van der Waals surface area contributed by atoms with Gasteiger partial charge in [-0.2, -0.15) is 5.26 Å². The quantitative estimate of drug-likeness (QED) is 0.638. The molecule has 3 aromatic rings. The number of rotatable bonds is 1. The Morgan fingerprint density at radius 3 is 2.39 bits per heavy atom. The minimum absolute atomic E-state index is 0.611. The van der Waals surface area contributed by atoms with Crippen LogP contribution in [0.3, 0.4) is 0 Å². The molecule has 3 rings (SSSR count). The van der Waals surface area contributed by atoms with E-state index in [2.05, 4.69) is 11.1 Å². The zero-order valence-electron chi connectivity index (χ0n) is 9.67. The van der Waals surface area contributed by atoms with Crippen molar-refractivity contribution < 1.29 is 0 Å². The van der Waals surface area contributed by atoms with Crippen molar-refractivity contribution in [2.45, 2.75) is 0 Å². The maximum atomic E-state index is 9.25. The normalized spacial score (nSPS) is 10.2. The van der Waals surface area contributed by atoms with Gasteiger partial charge in [0.15, 0.2) is 0 Å². The number of hydrogen-bond donors (Lipinski definition) is 0. The summed E-state index contributed by atoms with van der Waals surface area (Å²) in [7, 11) is 0. The molecule has 1 heterocycles. The van der Waals surface area contributed by atoms with Crippen molar-refractivity contribution >= 4 is 10.9 Å². The predicted octanol–water partition coefficient (Wildman–Crippen LogP) is 3.77. The van der Waals surface area contributed by atoms with Crippen molar-refractivity contribution in [2.24, 2.45) is 0 Å². The van der Waals surface area contributed by atoms with Crippen LogP contribution in [-0.4, -0.2) is 4.98 Å². The average Bonchev–Trinajstić information content (AvgIpc) is 2.46. The molecule has 0 radical (unpaired) electrons. The molecule has 0 aliphatic carbocycles. The highest BCUT2D eigenvalue weighted by molar-refractivity contribution is 5.84. The van der Waals surface area contributed by atoms with E-state index in [1.807, 2.05) is 60.7 Å². The molecule has 0 aliphatic rings. The van der Waals surface area contributed by atoms with Crippen LogP contribution in [-0.2, 0) is 0 Å². The van der Waals surface area contributed by atoms with E-state index in [4.69, 9.17) is 0 Å². The summed E-state index contributed by atoms with van der Waals surface area (Å²) in [5.74, 6) is 0. The molecule has 0 spiro atoms. The van der Waals surface area contributed by atoms with Crippen molar-refractivity contribution in [1.29, 1.82) is 5.26 Å². The van der Waals surface area contributed by atoms with Crippen LogP contribution >= 0.6 is 0 Å². The highest BCUT2D eigenvalue weighted by Crippen LogP contribution is 2.24. The van der Waals surface area contributed by atoms with Gasteiger partial charge in [0.05, 0.1) is 16.8 Å². The lowest BCUT2D eigenvalue weighted by molar-refractivity contribution is 1.36. The minimum atomic E-state index is 0.611. The van der Waals surface area contributed by atoms with Gasteiger partial charge in [-0.05, 0) is 12.1 Å². The highest BCUT2D eigenvalue weighted by atomic mass is 14.7. The fourth-order valence-electron chi connectivity index (χ4n) is 2.02. The van der Waals surface area contributed by atoms with Crippen LogP contribution in [0.15, 0.2) is 60.7 Å². The van der Waals surface area contributed by atoms with Crippen LogP contribution < -0.4 is 0 Å². The van der Waals surface area contributed by atoms with E-state index < -0.39 is 0 Å². The van der Waals surface area contributed by atoms with E-state index in [0.717, 1.165) is 22.2 Å². The smallest absolute Gasteiger partial charge is 0.101 e. The van der Waals surface area contributed by atoms with Gasteiger partial charge in [0, 0.05) is 10.9 Å². The Morgan fingerprint density at radius 2 is 1.61 bits per heavy atom. The van der Waals surface area contributed by atoms with Crippen LogP contribution in [0.5, 0.6) is 0 Å². The molecule has 0 bridgehead atoms. The van der Waals surface area contributed by atoms with Crippen molar-refractivity contribution in [1.82, 2.24) is 4.98 Å². The maximum absolute atomic E-state index is 9.25. The molecule has 0 fully saturated rings. The molecule has 1 aromatic heterocycles. The first-order chi connectivity index (χ1) is 8.88. The molecule has 0 aliphatic heterocycles. The molecule has 0 unspecified atom stereocenters. The number of aromatic nitrogens is 1. The predicted molar refractivity (Wildman–Crippen MR) is 71.9 cm³/mol. The Balaban J connectivity index is 2.32. The first kappa shape index (κ1) is 10.5. The number of nitrogens with zero attached hydrogens (tertiary/aromatic N) is 2. The standard InChI is InChI=1S/C16H10N2/c17-11-14-10-13-8-4-5-9-15(13)18-16(14)12-6-2-1-3-7-12/h1-10H. The first-order valence-electron chi connectivity index (χ1n) is 5.74.